The molecule has 0 spiro atoms. The molecular formula is C26H34N6O9S2. The van der Waals surface area contributed by atoms with Gasteiger partial charge in [-0.3, -0.25) is 19.4 Å². The number of amides is 2. The van der Waals surface area contributed by atoms with Crippen molar-refractivity contribution in [3.8, 4) is 0 Å². The molecule has 234 valence electrons. The Morgan fingerprint density at radius 3 is 2.42 bits per heavy atom. The Morgan fingerprint density at radius 1 is 1.12 bits per heavy atom. The number of sulfonamides is 1. The number of esters is 1. The maximum atomic E-state index is 13.6. The van der Waals surface area contributed by atoms with Crippen LogP contribution < -0.4 is 21.5 Å². The molecule has 2 aromatic rings. The van der Waals surface area contributed by atoms with Crippen molar-refractivity contribution in [2.45, 2.75) is 42.3 Å². The van der Waals surface area contributed by atoms with Crippen molar-refractivity contribution in [1.82, 2.24) is 14.9 Å². The molecule has 15 nitrogen and oxygen atoms in total. The lowest BCUT2D eigenvalue weighted by molar-refractivity contribution is -0.148. The summed E-state index contributed by atoms with van der Waals surface area (Å²) in [5.74, 6) is -5.03. The summed E-state index contributed by atoms with van der Waals surface area (Å²) in [6, 6.07) is 7.34. The number of sulfone groups is 1. The standard InChI is InChI=1S/C26H34N6O9S2/c1-41-23(34)16-42(37,38)15-21(31-43(39,40)20-9-8-17-5-2-3-6-18(17)13-20)25(36)32-12-10-22(32)24(35)30-19(14-33)7-4-11-29-26(27)28/h2-3,5-6,8-9,13-14,19,21-22,31H,4,7,10-12,15-16H2,1H3,(H,30,35)(H4,27,28,29)/t19-,21?,22?/m0/s1. The molecule has 3 atom stereocenters. The fourth-order valence-electron chi connectivity index (χ4n) is 4.39. The SMILES string of the molecule is COC(=O)CS(=O)(=O)CC(NS(=O)(=O)c1ccc2ccccc2c1)C(=O)N1CCC1C(=O)N[C@H](C=O)CCCN=C(N)N. The van der Waals surface area contributed by atoms with E-state index in [2.05, 4.69) is 19.8 Å². The number of rotatable bonds is 15. The van der Waals surface area contributed by atoms with Gasteiger partial charge in [0.15, 0.2) is 15.8 Å². The van der Waals surface area contributed by atoms with Gasteiger partial charge in [-0.05, 0) is 42.2 Å². The number of hydrogen-bond acceptors (Lipinski definition) is 10. The highest BCUT2D eigenvalue weighted by molar-refractivity contribution is 7.92. The Bertz CT molecular complexity index is 1610. The van der Waals surface area contributed by atoms with E-state index < -0.39 is 67.3 Å². The minimum Gasteiger partial charge on any atom is -0.468 e. The summed E-state index contributed by atoms with van der Waals surface area (Å²) in [4.78, 5) is 54.3. The third kappa shape index (κ3) is 9.20. The molecule has 2 unspecified atom stereocenters. The monoisotopic (exact) mass is 638 g/mol. The van der Waals surface area contributed by atoms with Crippen LogP contribution in [0.3, 0.4) is 0 Å². The number of likely N-dealkylation sites (tertiary alicyclic amines) is 1. The Hall–Kier alpha value is -4.09. The van der Waals surface area contributed by atoms with Gasteiger partial charge in [0, 0.05) is 13.1 Å². The molecule has 0 aliphatic carbocycles. The second-order valence-corrected chi connectivity index (χ2v) is 13.7. The lowest BCUT2D eigenvalue weighted by atomic mass is 10.00. The van der Waals surface area contributed by atoms with E-state index in [0.717, 1.165) is 17.4 Å². The minimum absolute atomic E-state index is 0.0262. The van der Waals surface area contributed by atoms with Gasteiger partial charge in [-0.2, -0.15) is 4.72 Å². The second kappa shape index (κ2) is 14.4. The molecule has 43 heavy (non-hydrogen) atoms. The normalized spacial score (nSPS) is 16.4. The van der Waals surface area contributed by atoms with Gasteiger partial charge in [-0.25, -0.2) is 16.8 Å². The third-order valence-corrected chi connectivity index (χ3v) is 9.66. The van der Waals surface area contributed by atoms with Crippen molar-refractivity contribution < 1.29 is 40.8 Å². The maximum Gasteiger partial charge on any atom is 0.320 e. The molecule has 2 amide bonds. The van der Waals surface area contributed by atoms with Crippen LogP contribution in [0.1, 0.15) is 19.3 Å². The van der Waals surface area contributed by atoms with Gasteiger partial charge in [-0.1, -0.05) is 30.3 Å². The van der Waals surface area contributed by atoms with Crippen molar-refractivity contribution in [1.29, 1.82) is 0 Å². The molecule has 1 aliphatic rings. The number of carbonyl (C=O) groups excluding carboxylic acids is 4. The number of nitrogens with one attached hydrogen (secondary N) is 2. The van der Waals surface area contributed by atoms with E-state index in [1.807, 2.05) is 0 Å². The molecule has 0 bridgehead atoms. The predicted octanol–water partition coefficient (Wildman–Crippen LogP) is -1.59. The van der Waals surface area contributed by atoms with Gasteiger partial charge in [0.1, 0.15) is 24.1 Å². The number of carbonyl (C=O) groups is 4. The molecule has 0 saturated carbocycles. The number of nitrogens with two attached hydrogens (primary N) is 2. The molecule has 6 N–H and O–H groups in total. The van der Waals surface area contributed by atoms with E-state index in [-0.39, 0.29) is 36.8 Å². The van der Waals surface area contributed by atoms with Crippen molar-refractivity contribution in [3.05, 3.63) is 42.5 Å². The van der Waals surface area contributed by atoms with Crippen LogP contribution in [0, 0.1) is 0 Å². The van der Waals surface area contributed by atoms with E-state index in [0.29, 0.717) is 18.1 Å². The Labute approximate surface area is 249 Å². The number of methoxy groups -OCH3 is 1. The topological polar surface area (TPSA) is 237 Å². The zero-order chi connectivity index (χ0) is 31.8. The van der Waals surface area contributed by atoms with Crippen LogP contribution in [0.5, 0.6) is 0 Å². The number of hydrogen-bond donors (Lipinski definition) is 4. The summed E-state index contributed by atoms with van der Waals surface area (Å²) in [7, 11) is -7.82. The molecule has 3 rings (SSSR count). The second-order valence-electron chi connectivity index (χ2n) is 9.85. The van der Waals surface area contributed by atoms with E-state index in [9.17, 15) is 36.0 Å². The largest absolute Gasteiger partial charge is 0.468 e. The van der Waals surface area contributed by atoms with Crippen molar-refractivity contribution in [3.63, 3.8) is 0 Å². The Kier molecular flexibility index (Phi) is 11.2. The van der Waals surface area contributed by atoms with Gasteiger partial charge < -0.3 is 31.2 Å². The van der Waals surface area contributed by atoms with Crippen LogP contribution in [0.2, 0.25) is 0 Å². The zero-order valence-corrected chi connectivity index (χ0v) is 25.0. The maximum absolute atomic E-state index is 13.6. The van der Waals surface area contributed by atoms with E-state index in [1.54, 1.807) is 30.3 Å². The van der Waals surface area contributed by atoms with Crippen LogP contribution in [0.25, 0.3) is 10.8 Å². The lowest BCUT2D eigenvalue weighted by Gasteiger charge is -2.41. The number of ether oxygens (including phenoxy) is 1. The summed E-state index contributed by atoms with van der Waals surface area (Å²) >= 11 is 0. The van der Waals surface area contributed by atoms with E-state index in [4.69, 9.17) is 11.5 Å². The quantitative estimate of drug-likeness (QED) is 0.0570. The fourth-order valence-corrected chi connectivity index (χ4v) is 7.05. The van der Waals surface area contributed by atoms with Gasteiger partial charge in [-0.15, -0.1) is 0 Å². The average Bonchev–Trinajstić information content (AvgIpc) is 2.92. The first kappa shape index (κ1) is 33.4. The summed E-state index contributed by atoms with van der Waals surface area (Å²) in [6.45, 7) is 0.258. The summed E-state index contributed by atoms with van der Waals surface area (Å²) in [6.07, 6.45) is 1.31. The fraction of sp³-hybridized carbons (Fsp3) is 0.423. The molecule has 1 saturated heterocycles. The van der Waals surface area contributed by atoms with Gasteiger partial charge >= 0.3 is 5.97 Å². The van der Waals surface area contributed by atoms with Crippen LogP contribution in [0.15, 0.2) is 52.4 Å². The molecule has 1 fully saturated rings. The first-order chi connectivity index (χ1) is 20.3. The molecule has 17 heteroatoms. The molecule has 0 aromatic heterocycles. The number of aliphatic imine (C=N–C) groups is 1. The Morgan fingerprint density at radius 2 is 1.81 bits per heavy atom. The number of nitrogens with zero attached hydrogens (tertiary/aromatic N) is 2. The summed E-state index contributed by atoms with van der Waals surface area (Å²) in [5, 5.41) is 3.87. The van der Waals surface area contributed by atoms with Gasteiger partial charge in [0.2, 0.25) is 21.8 Å². The van der Waals surface area contributed by atoms with Crippen LogP contribution in [-0.2, 0) is 43.8 Å². The predicted molar refractivity (Wildman–Crippen MR) is 157 cm³/mol. The molecular weight excluding hydrogens is 604 g/mol. The highest BCUT2D eigenvalue weighted by atomic mass is 32.2. The highest BCUT2D eigenvalue weighted by Crippen LogP contribution is 2.22. The Balaban J connectivity index is 1.81. The lowest BCUT2D eigenvalue weighted by Crippen LogP contribution is -2.64. The molecule has 2 aromatic carbocycles. The molecule has 1 aliphatic heterocycles. The first-order valence-electron chi connectivity index (χ1n) is 13.2. The summed E-state index contributed by atoms with van der Waals surface area (Å²) < 4.78 is 58.8. The van der Waals surface area contributed by atoms with Crippen molar-refractivity contribution >= 4 is 60.7 Å². The third-order valence-electron chi connectivity index (χ3n) is 6.68. The summed E-state index contributed by atoms with van der Waals surface area (Å²) in [5.41, 5.74) is 10.5. The highest BCUT2D eigenvalue weighted by Gasteiger charge is 2.43. The minimum atomic E-state index is -4.45. The van der Waals surface area contributed by atoms with Gasteiger partial charge in [0.05, 0.1) is 23.8 Å². The number of guanidine groups is 1. The van der Waals surface area contributed by atoms with Crippen molar-refractivity contribution in [2.75, 3.05) is 31.7 Å². The molecule has 0 radical (unpaired) electrons. The number of aldehydes is 1. The first-order valence-corrected chi connectivity index (χ1v) is 16.5. The number of benzene rings is 2. The van der Waals surface area contributed by atoms with Crippen LogP contribution in [0.4, 0.5) is 0 Å². The van der Waals surface area contributed by atoms with Crippen LogP contribution >= 0.6 is 0 Å². The van der Waals surface area contributed by atoms with Gasteiger partial charge in [0.25, 0.3) is 0 Å². The number of fused-ring (bicyclic) bond motifs is 1. The van der Waals surface area contributed by atoms with E-state index in [1.165, 1.54) is 12.1 Å². The van der Waals surface area contributed by atoms with Crippen molar-refractivity contribution in [2.24, 2.45) is 16.5 Å². The van der Waals surface area contributed by atoms with E-state index >= 15 is 0 Å². The average molecular weight is 639 g/mol. The molecule has 1 heterocycles. The van der Waals surface area contributed by atoms with Crippen LogP contribution in [-0.4, -0.2) is 102 Å². The zero-order valence-electron chi connectivity index (χ0n) is 23.3. The smallest absolute Gasteiger partial charge is 0.320 e.